The Morgan fingerprint density at radius 2 is 1.48 bits per heavy atom. The first-order valence-corrected chi connectivity index (χ1v) is 9.76. The topological polar surface area (TPSA) is 64.4 Å². The second-order valence-electron chi connectivity index (χ2n) is 7.15. The molecule has 4 nitrogen and oxygen atoms in total. The number of benzene rings is 3. The highest BCUT2D eigenvalue weighted by Crippen LogP contribution is 2.29. The second-order valence-corrected chi connectivity index (χ2v) is 7.15. The van der Waals surface area contributed by atoms with Crippen LogP contribution in [0.5, 0.6) is 5.75 Å². The number of rotatable bonds is 9. The molecule has 0 spiro atoms. The SMILES string of the molecule is NC(=O)[C@H](Cc1ccccc1)NCc1ccc(OCc2ccc(C(F)(F)F)cc2)cc1. The van der Waals surface area contributed by atoms with Crippen LogP contribution in [0.1, 0.15) is 22.3 Å². The molecule has 31 heavy (non-hydrogen) atoms. The van der Waals surface area contributed by atoms with E-state index in [0.717, 1.165) is 23.3 Å². The van der Waals surface area contributed by atoms with Crippen LogP contribution < -0.4 is 15.8 Å². The Labute approximate surface area is 178 Å². The van der Waals surface area contributed by atoms with E-state index in [1.165, 1.54) is 12.1 Å². The minimum absolute atomic E-state index is 0.163. The number of primary amides is 1. The molecule has 0 radical (unpaired) electrons. The molecular formula is C24H23F3N2O2. The summed E-state index contributed by atoms with van der Waals surface area (Å²) in [5.74, 6) is 0.180. The summed E-state index contributed by atoms with van der Waals surface area (Å²) in [6.07, 6.45) is -3.84. The molecule has 0 aliphatic carbocycles. The molecule has 0 aromatic heterocycles. The van der Waals surface area contributed by atoms with Crippen molar-refractivity contribution in [1.82, 2.24) is 5.32 Å². The van der Waals surface area contributed by atoms with Gasteiger partial charge in [-0.2, -0.15) is 13.2 Å². The molecule has 0 saturated heterocycles. The number of nitrogens with one attached hydrogen (secondary N) is 1. The Morgan fingerprint density at radius 1 is 0.871 bits per heavy atom. The fourth-order valence-corrected chi connectivity index (χ4v) is 3.02. The lowest BCUT2D eigenvalue weighted by Gasteiger charge is -2.16. The molecule has 0 unspecified atom stereocenters. The van der Waals surface area contributed by atoms with Crippen molar-refractivity contribution in [3.05, 3.63) is 101 Å². The Balaban J connectivity index is 1.50. The number of nitrogens with two attached hydrogens (primary N) is 1. The predicted molar refractivity (Wildman–Crippen MR) is 112 cm³/mol. The molecule has 3 rings (SSSR count). The molecule has 3 aromatic rings. The molecule has 1 amide bonds. The van der Waals surface area contributed by atoms with Gasteiger partial charge in [-0.15, -0.1) is 0 Å². The van der Waals surface area contributed by atoms with Crippen LogP contribution >= 0.6 is 0 Å². The maximum absolute atomic E-state index is 12.6. The fraction of sp³-hybridized carbons (Fsp3) is 0.208. The molecule has 0 aliphatic rings. The average Bonchev–Trinajstić information content (AvgIpc) is 2.76. The molecule has 0 saturated carbocycles. The summed E-state index contributed by atoms with van der Waals surface area (Å²) in [5.41, 5.74) is 7.44. The second kappa shape index (κ2) is 10.1. The molecule has 0 aliphatic heterocycles. The van der Waals surface area contributed by atoms with Crippen LogP contribution in [0, 0.1) is 0 Å². The van der Waals surface area contributed by atoms with Crippen molar-refractivity contribution >= 4 is 5.91 Å². The van der Waals surface area contributed by atoms with E-state index in [2.05, 4.69) is 5.32 Å². The summed E-state index contributed by atoms with van der Waals surface area (Å²) >= 11 is 0. The summed E-state index contributed by atoms with van der Waals surface area (Å²) in [6.45, 7) is 0.621. The number of alkyl halides is 3. The van der Waals surface area contributed by atoms with Crippen molar-refractivity contribution in [1.29, 1.82) is 0 Å². The number of carbonyl (C=O) groups excluding carboxylic acids is 1. The first kappa shape index (κ1) is 22.4. The highest BCUT2D eigenvalue weighted by atomic mass is 19.4. The zero-order valence-electron chi connectivity index (χ0n) is 16.7. The largest absolute Gasteiger partial charge is 0.489 e. The zero-order chi connectivity index (χ0) is 22.3. The van der Waals surface area contributed by atoms with Gasteiger partial charge in [-0.25, -0.2) is 0 Å². The molecular weight excluding hydrogens is 405 g/mol. The standard InChI is InChI=1S/C24H23F3N2O2/c25-24(26,27)20-10-6-19(7-11-20)16-31-21-12-8-18(9-13-21)15-29-22(23(28)30)14-17-4-2-1-3-5-17/h1-13,22,29H,14-16H2,(H2,28,30)/t22-/m0/s1. The van der Waals surface area contributed by atoms with E-state index in [4.69, 9.17) is 10.5 Å². The van der Waals surface area contributed by atoms with Crippen LogP contribution in [0.2, 0.25) is 0 Å². The highest BCUT2D eigenvalue weighted by Gasteiger charge is 2.29. The number of amides is 1. The molecule has 3 aromatic carbocycles. The minimum Gasteiger partial charge on any atom is -0.489 e. The molecule has 0 fully saturated rings. The monoisotopic (exact) mass is 428 g/mol. The van der Waals surface area contributed by atoms with Gasteiger partial charge in [0.05, 0.1) is 11.6 Å². The van der Waals surface area contributed by atoms with Gasteiger partial charge < -0.3 is 15.8 Å². The Morgan fingerprint density at radius 3 is 2.06 bits per heavy atom. The highest BCUT2D eigenvalue weighted by molar-refractivity contribution is 5.80. The number of hydrogen-bond acceptors (Lipinski definition) is 3. The van der Waals surface area contributed by atoms with Gasteiger partial charge in [-0.05, 0) is 47.4 Å². The quantitative estimate of drug-likeness (QED) is 0.529. The first-order valence-electron chi connectivity index (χ1n) is 9.76. The molecule has 162 valence electrons. The van der Waals surface area contributed by atoms with E-state index in [0.29, 0.717) is 24.3 Å². The normalized spacial score (nSPS) is 12.4. The van der Waals surface area contributed by atoms with E-state index < -0.39 is 23.7 Å². The first-order chi connectivity index (χ1) is 14.8. The van der Waals surface area contributed by atoms with Crippen LogP contribution in [0.15, 0.2) is 78.9 Å². The van der Waals surface area contributed by atoms with Crippen LogP contribution in [-0.2, 0) is 30.5 Å². The fourth-order valence-electron chi connectivity index (χ4n) is 3.02. The average molecular weight is 428 g/mol. The van der Waals surface area contributed by atoms with Gasteiger partial charge in [0.15, 0.2) is 0 Å². The summed E-state index contributed by atoms with van der Waals surface area (Å²) in [5, 5.41) is 3.17. The summed E-state index contributed by atoms with van der Waals surface area (Å²) in [6, 6.07) is 21.3. The summed E-state index contributed by atoms with van der Waals surface area (Å²) < 4.78 is 43.5. The van der Waals surface area contributed by atoms with Crippen molar-refractivity contribution in [3.8, 4) is 5.75 Å². The van der Waals surface area contributed by atoms with Crippen LogP contribution in [0.25, 0.3) is 0 Å². The summed E-state index contributed by atoms with van der Waals surface area (Å²) in [4.78, 5) is 11.8. The molecule has 7 heteroatoms. The van der Waals surface area contributed by atoms with Gasteiger partial charge in [0.25, 0.3) is 0 Å². The van der Waals surface area contributed by atoms with E-state index in [1.807, 2.05) is 42.5 Å². The van der Waals surface area contributed by atoms with Gasteiger partial charge in [0, 0.05) is 6.54 Å². The third kappa shape index (κ3) is 6.86. The van der Waals surface area contributed by atoms with Crippen molar-refractivity contribution in [2.24, 2.45) is 5.73 Å². The lowest BCUT2D eigenvalue weighted by atomic mass is 10.1. The van der Waals surface area contributed by atoms with E-state index in [-0.39, 0.29) is 6.61 Å². The smallest absolute Gasteiger partial charge is 0.416 e. The van der Waals surface area contributed by atoms with E-state index in [9.17, 15) is 18.0 Å². The molecule has 0 heterocycles. The Hall–Kier alpha value is -3.32. The van der Waals surface area contributed by atoms with E-state index >= 15 is 0 Å². The van der Waals surface area contributed by atoms with Gasteiger partial charge in [0.1, 0.15) is 12.4 Å². The van der Waals surface area contributed by atoms with Gasteiger partial charge in [0.2, 0.25) is 5.91 Å². The van der Waals surface area contributed by atoms with Gasteiger partial charge in [-0.3, -0.25) is 4.79 Å². The van der Waals surface area contributed by atoms with Gasteiger partial charge >= 0.3 is 6.18 Å². The lowest BCUT2D eigenvalue weighted by molar-refractivity contribution is -0.137. The van der Waals surface area contributed by atoms with Gasteiger partial charge in [-0.1, -0.05) is 54.6 Å². The predicted octanol–water partition coefficient (Wildman–Crippen LogP) is 4.47. The number of carbonyl (C=O) groups is 1. The van der Waals surface area contributed by atoms with Crippen molar-refractivity contribution in [2.45, 2.75) is 31.8 Å². The number of hydrogen-bond donors (Lipinski definition) is 2. The van der Waals surface area contributed by atoms with Crippen molar-refractivity contribution in [3.63, 3.8) is 0 Å². The minimum atomic E-state index is -4.35. The van der Waals surface area contributed by atoms with Crippen LogP contribution in [0.4, 0.5) is 13.2 Å². The third-order valence-electron chi connectivity index (χ3n) is 4.79. The molecule has 1 atom stereocenters. The van der Waals surface area contributed by atoms with Crippen molar-refractivity contribution in [2.75, 3.05) is 0 Å². The van der Waals surface area contributed by atoms with Crippen LogP contribution in [-0.4, -0.2) is 11.9 Å². The van der Waals surface area contributed by atoms with Crippen LogP contribution in [0.3, 0.4) is 0 Å². The number of ether oxygens (including phenoxy) is 1. The van der Waals surface area contributed by atoms with Crippen molar-refractivity contribution < 1.29 is 22.7 Å². The molecule has 0 bridgehead atoms. The summed E-state index contributed by atoms with van der Waals surface area (Å²) in [7, 11) is 0. The Kier molecular flexibility index (Phi) is 7.31. The maximum atomic E-state index is 12.6. The number of halogens is 3. The molecule has 3 N–H and O–H groups in total. The lowest BCUT2D eigenvalue weighted by Crippen LogP contribution is -2.42. The zero-order valence-corrected chi connectivity index (χ0v) is 16.7. The maximum Gasteiger partial charge on any atom is 0.416 e. The third-order valence-corrected chi connectivity index (χ3v) is 4.79. The Bertz CT molecular complexity index is 972. The van der Waals surface area contributed by atoms with E-state index in [1.54, 1.807) is 12.1 Å².